The van der Waals surface area contributed by atoms with Crippen LogP contribution in [0.1, 0.15) is 32.1 Å². The molecule has 1 rings (SSSR count). The number of rotatable bonds is 3. The molecule has 1 aliphatic carbocycles. The van der Waals surface area contributed by atoms with Crippen molar-refractivity contribution in [2.45, 2.75) is 42.9 Å². The van der Waals surface area contributed by atoms with Crippen molar-refractivity contribution < 1.29 is 18.7 Å². The summed E-state index contributed by atoms with van der Waals surface area (Å²) in [6.07, 6.45) is 1.12. The molecule has 1 N–H and O–H groups in total. The normalized spacial score (nSPS) is 24.5. The zero-order valence-corrected chi connectivity index (χ0v) is 9.27. The van der Waals surface area contributed by atoms with Crippen LogP contribution >= 0.6 is 15.9 Å². The van der Waals surface area contributed by atoms with E-state index in [4.69, 9.17) is 5.11 Å². The molecule has 0 saturated heterocycles. The summed E-state index contributed by atoms with van der Waals surface area (Å²) in [7, 11) is 0. The SMILES string of the molecule is O=C(O)C(Br)CC1CCC(F)(F)CC1. The van der Waals surface area contributed by atoms with Gasteiger partial charge in [-0.25, -0.2) is 8.78 Å². The lowest BCUT2D eigenvalue weighted by molar-refractivity contribution is -0.136. The molecule has 0 aromatic rings. The summed E-state index contributed by atoms with van der Waals surface area (Å²) in [6, 6.07) is 0. The number of halogens is 3. The van der Waals surface area contributed by atoms with Gasteiger partial charge < -0.3 is 5.11 Å². The lowest BCUT2D eigenvalue weighted by atomic mass is 9.84. The Labute approximate surface area is 89.8 Å². The molecule has 0 spiro atoms. The largest absolute Gasteiger partial charge is 0.480 e. The topological polar surface area (TPSA) is 37.3 Å². The Bertz CT molecular complexity index is 211. The van der Waals surface area contributed by atoms with Crippen LogP contribution in [0.3, 0.4) is 0 Å². The van der Waals surface area contributed by atoms with Gasteiger partial charge in [-0.15, -0.1) is 0 Å². The molecular weight excluding hydrogens is 258 g/mol. The molecule has 0 amide bonds. The lowest BCUT2D eigenvalue weighted by Gasteiger charge is -2.28. The van der Waals surface area contributed by atoms with Gasteiger partial charge in [-0.05, 0) is 25.2 Å². The summed E-state index contributed by atoms with van der Waals surface area (Å²) in [5.74, 6) is -3.32. The molecule has 1 fully saturated rings. The molecule has 1 atom stereocenters. The second-order valence-corrected chi connectivity index (χ2v) is 4.95. The third-order valence-corrected chi connectivity index (χ3v) is 3.41. The molecule has 0 aromatic carbocycles. The molecule has 1 saturated carbocycles. The summed E-state index contributed by atoms with van der Waals surface area (Å²) >= 11 is 3.02. The van der Waals surface area contributed by atoms with E-state index in [-0.39, 0.29) is 18.8 Å². The maximum atomic E-state index is 12.7. The number of hydrogen-bond acceptors (Lipinski definition) is 1. The number of alkyl halides is 3. The van der Waals surface area contributed by atoms with Crippen molar-refractivity contribution in [3.8, 4) is 0 Å². The van der Waals surface area contributed by atoms with E-state index in [1.807, 2.05) is 0 Å². The van der Waals surface area contributed by atoms with Crippen molar-refractivity contribution in [2.75, 3.05) is 0 Å². The fraction of sp³-hybridized carbons (Fsp3) is 0.889. The van der Waals surface area contributed by atoms with Crippen LogP contribution in [0.5, 0.6) is 0 Å². The summed E-state index contributed by atoms with van der Waals surface area (Å²) < 4.78 is 25.5. The molecule has 5 heteroatoms. The molecular formula is C9H13BrF2O2. The Morgan fingerprint density at radius 2 is 2.00 bits per heavy atom. The molecule has 0 aliphatic heterocycles. The first-order valence-corrected chi connectivity index (χ1v) is 5.57. The highest BCUT2D eigenvalue weighted by molar-refractivity contribution is 9.10. The molecule has 82 valence electrons. The van der Waals surface area contributed by atoms with E-state index in [2.05, 4.69) is 15.9 Å². The third kappa shape index (κ3) is 3.52. The fourth-order valence-electron chi connectivity index (χ4n) is 1.73. The van der Waals surface area contributed by atoms with E-state index >= 15 is 0 Å². The zero-order valence-electron chi connectivity index (χ0n) is 7.68. The number of carboxylic acid groups (broad SMARTS) is 1. The highest BCUT2D eigenvalue weighted by Crippen LogP contribution is 2.38. The van der Waals surface area contributed by atoms with Crippen molar-refractivity contribution in [3.63, 3.8) is 0 Å². The summed E-state index contributed by atoms with van der Waals surface area (Å²) in [4.78, 5) is 9.91. The van der Waals surface area contributed by atoms with Gasteiger partial charge in [0, 0.05) is 12.8 Å². The highest BCUT2D eigenvalue weighted by atomic mass is 79.9. The van der Waals surface area contributed by atoms with E-state index in [1.54, 1.807) is 0 Å². The predicted molar refractivity (Wildman–Crippen MR) is 51.9 cm³/mol. The quantitative estimate of drug-likeness (QED) is 0.801. The molecule has 0 bridgehead atoms. The van der Waals surface area contributed by atoms with Crippen LogP contribution in [0, 0.1) is 5.92 Å². The van der Waals surface area contributed by atoms with Gasteiger partial charge in [0.1, 0.15) is 4.83 Å². The van der Waals surface area contributed by atoms with Gasteiger partial charge >= 0.3 is 5.97 Å². The molecule has 2 nitrogen and oxygen atoms in total. The first-order chi connectivity index (χ1) is 6.41. The second kappa shape index (κ2) is 4.55. The van der Waals surface area contributed by atoms with Crippen LogP contribution in [0.2, 0.25) is 0 Å². The van der Waals surface area contributed by atoms with Crippen LogP contribution in [0.4, 0.5) is 8.78 Å². The van der Waals surface area contributed by atoms with Gasteiger partial charge in [-0.2, -0.15) is 0 Å². The van der Waals surface area contributed by atoms with Crippen LogP contribution in [-0.2, 0) is 4.79 Å². The number of aliphatic carboxylic acids is 1. The van der Waals surface area contributed by atoms with Gasteiger partial charge in [0.15, 0.2) is 0 Å². The molecule has 14 heavy (non-hydrogen) atoms. The summed E-state index contributed by atoms with van der Waals surface area (Å²) in [5, 5.41) is 8.62. The second-order valence-electron chi connectivity index (χ2n) is 3.84. The zero-order chi connectivity index (χ0) is 10.8. The van der Waals surface area contributed by atoms with E-state index < -0.39 is 16.7 Å². The predicted octanol–water partition coefficient (Wildman–Crippen LogP) is 3.05. The third-order valence-electron chi connectivity index (χ3n) is 2.64. The van der Waals surface area contributed by atoms with E-state index in [0.717, 1.165) is 0 Å². The Kier molecular flexibility index (Phi) is 3.86. The summed E-state index contributed by atoms with van der Waals surface area (Å²) in [6.45, 7) is 0. The smallest absolute Gasteiger partial charge is 0.317 e. The fourth-order valence-corrected chi connectivity index (χ4v) is 2.26. The number of hydrogen-bond donors (Lipinski definition) is 1. The van der Waals surface area contributed by atoms with Crippen LogP contribution in [-0.4, -0.2) is 21.8 Å². The monoisotopic (exact) mass is 270 g/mol. The van der Waals surface area contributed by atoms with Gasteiger partial charge in [-0.1, -0.05) is 15.9 Å². The first-order valence-electron chi connectivity index (χ1n) is 4.65. The van der Waals surface area contributed by atoms with E-state index in [1.165, 1.54) is 0 Å². The first kappa shape index (κ1) is 11.9. The Morgan fingerprint density at radius 3 is 2.43 bits per heavy atom. The van der Waals surface area contributed by atoms with Crippen LogP contribution in [0.15, 0.2) is 0 Å². The Balaban J connectivity index is 2.32. The van der Waals surface area contributed by atoms with Crippen molar-refractivity contribution in [2.24, 2.45) is 5.92 Å². The molecule has 0 radical (unpaired) electrons. The highest BCUT2D eigenvalue weighted by Gasteiger charge is 2.35. The van der Waals surface area contributed by atoms with E-state index in [9.17, 15) is 13.6 Å². The maximum Gasteiger partial charge on any atom is 0.317 e. The minimum atomic E-state index is -2.53. The minimum absolute atomic E-state index is 0.100. The Hall–Kier alpha value is -0.190. The molecule has 0 aromatic heterocycles. The lowest BCUT2D eigenvalue weighted by Crippen LogP contribution is -2.27. The van der Waals surface area contributed by atoms with Crippen molar-refractivity contribution in [1.29, 1.82) is 0 Å². The van der Waals surface area contributed by atoms with Gasteiger partial charge in [-0.3, -0.25) is 4.79 Å². The number of carboxylic acids is 1. The van der Waals surface area contributed by atoms with Crippen LogP contribution in [0.25, 0.3) is 0 Å². The Morgan fingerprint density at radius 1 is 1.50 bits per heavy atom. The van der Waals surface area contributed by atoms with Gasteiger partial charge in [0.25, 0.3) is 0 Å². The van der Waals surface area contributed by atoms with Crippen molar-refractivity contribution in [3.05, 3.63) is 0 Å². The average Bonchev–Trinajstić information content (AvgIpc) is 2.08. The average molecular weight is 271 g/mol. The molecule has 0 heterocycles. The number of carbonyl (C=O) groups is 1. The van der Waals surface area contributed by atoms with Gasteiger partial charge in [0.2, 0.25) is 5.92 Å². The van der Waals surface area contributed by atoms with Crippen LogP contribution < -0.4 is 0 Å². The van der Waals surface area contributed by atoms with Gasteiger partial charge in [0.05, 0.1) is 0 Å². The van der Waals surface area contributed by atoms with Crippen molar-refractivity contribution >= 4 is 21.9 Å². The maximum absolute atomic E-state index is 12.7. The minimum Gasteiger partial charge on any atom is -0.480 e. The van der Waals surface area contributed by atoms with E-state index in [0.29, 0.717) is 19.3 Å². The van der Waals surface area contributed by atoms with Crippen molar-refractivity contribution in [1.82, 2.24) is 0 Å². The molecule has 1 aliphatic rings. The summed E-state index contributed by atoms with van der Waals surface area (Å²) in [5.41, 5.74) is 0. The molecule has 1 unspecified atom stereocenters. The standard InChI is InChI=1S/C9H13BrF2O2/c10-7(8(13)14)5-6-1-3-9(11,12)4-2-6/h6-7H,1-5H2,(H,13,14).